The van der Waals surface area contributed by atoms with Gasteiger partial charge in [0.15, 0.2) is 0 Å². The van der Waals surface area contributed by atoms with Gasteiger partial charge in [0.1, 0.15) is 0 Å². The average Bonchev–Trinajstić information content (AvgIpc) is 3.37. The van der Waals surface area contributed by atoms with E-state index in [0.717, 1.165) is 24.2 Å². The second kappa shape index (κ2) is 10.5. The van der Waals surface area contributed by atoms with E-state index in [1.807, 2.05) is 12.1 Å². The van der Waals surface area contributed by atoms with Gasteiger partial charge < -0.3 is 15.0 Å². The first kappa shape index (κ1) is 22.8. The third-order valence-electron chi connectivity index (χ3n) is 6.09. The molecule has 8 heteroatoms. The van der Waals surface area contributed by atoms with Crippen molar-refractivity contribution in [1.29, 1.82) is 0 Å². The van der Waals surface area contributed by atoms with E-state index in [9.17, 15) is 13.2 Å². The predicted octanol–water partition coefficient (Wildman–Crippen LogP) is 2.56. The molecule has 32 heavy (non-hydrogen) atoms. The number of amides is 1. The van der Waals surface area contributed by atoms with Crippen molar-refractivity contribution in [3.05, 3.63) is 59.7 Å². The monoisotopic (exact) mass is 457 g/mol. The van der Waals surface area contributed by atoms with Crippen molar-refractivity contribution in [2.75, 3.05) is 44.3 Å². The van der Waals surface area contributed by atoms with Crippen molar-refractivity contribution in [2.24, 2.45) is 0 Å². The first-order valence-corrected chi connectivity index (χ1v) is 12.7. The lowest BCUT2D eigenvalue weighted by molar-refractivity contribution is -0.121. The SMILES string of the molecule is O=C(CCc1ccc(S(=O)(=O)N2CCOCC2)cc1)NCc1ccccc1N1CCCC1. The number of nitrogens with zero attached hydrogens (tertiary/aromatic N) is 2. The van der Waals surface area contributed by atoms with Gasteiger partial charge in [0.05, 0.1) is 18.1 Å². The van der Waals surface area contributed by atoms with Gasteiger partial charge in [-0.3, -0.25) is 4.79 Å². The molecule has 2 aliphatic rings. The van der Waals surface area contributed by atoms with E-state index >= 15 is 0 Å². The van der Waals surface area contributed by atoms with Crippen LogP contribution in [0.2, 0.25) is 0 Å². The Bertz CT molecular complexity index is 1010. The summed E-state index contributed by atoms with van der Waals surface area (Å²) in [5, 5.41) is 3.03. The number of hydrogen-bond acceptors (Lipinski definition) is 5. The molecule has 172 valence electrons. The van der Waals surface area contributed by atoms with E-state index in [2.05, 4.69) is 22.3 Å². The molecular formula is C24H31N3O4S. The maximum atomic E-state index is 12.7. The number of benzene rings is 2. The summed E-state index contributed by atoms with van der Waals surface area (Å²) in [6.45, 7) is 4.27. The minimum absolute atomic E-state index is 0.00811. The van der Waals surface area contributed by atoms with Gasteiger partial charge in [-0.2, -0.15) is 4.31 Å². The van der Waals surface area contributed by atoms with Crippen LogP contribution in [-0.2, 0) is 32.5 Å². The molecule has 2 heterocycles. The van der Waals surface area contributed by atoms with Gasteiger partial charge in [-0.05, 0) is 48.6 Å². The van der Waals surface area contributed by atoms with Crippen molar-refractivity contribution in [3.8, 4) is 0 Å². The van der Waals surface area contributed by atoms with Crippen LogP contribution in [0, 0.1) is 0 Å². The zero-order valence-corrected chi connectivity index (χ0v) is 19.1. The first-order valence-electron chi connectivity index (χ1n) is 11.3. The van der Waals surface area contributed by atoms with Crippen molar-refractivity contribution in [3.63, 3.8) is 0 Å². The van der Waals surface area contributed by atoms with Crippen LogP contribution in [0.1, 0.15) is 30.4 Å². The number of para-hydroxylation sites is 1. The number of ether oxygens (including phenoxy) is 1. The Labute approximate surface area is 190 Å². The summed E-state index contributed by atoms with van der Waals surface area (Å²) in [5.41, 5.74) is 3.29. The molecule has 1 N–H and O–H groups in total. The van der Waals surface area contributed by atoms with Gasteiger partial charge >= 0.3 is 0 Å². The molecule has 1 amide bonds. The molecule has 2 aliphatic heterocycles. The molecule has 2 fully saturated rings. The summed E-state index contributed by atoms with van der Waals surface area (Å²) >= 11 is 0. The summed E-state index contributed by atoms with van der Waals surface area (Å²) < 4.78 is 32.1. The zero-order valence-electron chi connectivity index (χ0n) is 18.3. The summed E-state index contributed by atoms with van der Waals surface area (Å²) in [6, 6.07) is 15.1. The largest absolute Gasteiger partial charge is 0.379 e. The number of carbonyl (C=O) groups is 1. The molecular weight excluding hydrogens is 426 g/mol. The molecule has 0 spiro atoms. The van der Waals surface area contributed by atoms with Gasteiger partial charge in [0.2, 0.25) is 15.9 Å². The van der Waals surface area contributed by atoms with E-state index in [0.29, 0.717) is 45.7 Å². The van der Waals surface area contributed by atoms with E-state index in [1.165, 1.54) is 22.8 Å². The second-order valence-electron chi connectivity index (χ2n) is 8.26. The molecule has 0 unspecified atom stereocenters. The first-order chi connectivity index (χ1) is 15.5. The van der Waals surface area contributed by atoms with E-state index < -0.39 is 10.0 Å². The topological polar surface area (TPSA) is 79.0 Å². The number of aryl methyl sites for hydroxylation is 1. The minimum atomic E-state index is -3.49. The van der Waals surface area contributed by atoms with E-state index in [1.54, 1.807) is 24.3 Å². The number of hydrogen-bond donors (Lipinski definition) is 1. The lowest BCUT2D eigenvalue weighted by Crippen LogP contribution is -2.40. The number of carbonyl (C=O) groups excluding carboxylic acids is 1. The van der Waals surface area contributed by atoms with Crippen LogP contribution in [0.25, 0.3) is 0 Å². The second-order valence-corrected chi connectivity index (χ2v) is 10.2. The Hall–Kier alpha value is -2.42. The fraction of sp³-hybridized carbons (Fsp3) is 0.458. The minimum Gasteiger partial charge on any atom is -0.379 e. The molecule has 7 nitrogen and oxygen atoms in total. The molecule has 2 aromatic rings. The summed E-state index contributed by atoms with van der Waals surface area (Å²) in [4.78, 5) is 15.1. The van der Waals surface area contributed by atoms with Gasteiger partial charge in [-0.15, -0.1) is 0 Å². The highest BCUT2D eigenvalue weighted by Gasteiger charge is 2.26. The van der Waals surface area contributed by atoms with Crippen LogP contribution < -0.4 is 10.2 Å². The standard InChI is InChI=1S/C24H31N3O4S/c28-24(25-19-21-5-1-2-6-23(21)26-13-3-4-14-26)12-9-20-7-10-22(11-8-20)32(29,30)27-15-17-31-18-16-27/h1-2,5-8,10-11H,3-4,9,12-19H2,(H,25,28). The van der Waals surface area contributed by atoms with Crippen LogP contribution in [-0.4, -0.2) is 58.0 Å². The average molecular weight is 458 g/mol. The summed E-state index contributed by atoms with van der Waals surface area (Å²) in [5.74, 6) is -0.00811. The molecule has 4 rings (SSSR count). The quantitative estimate of drug-likeness (QED) is 0.659. The molecule has 0 atom stereocenters. The number of sulfonamides is 1. The molecule has 2 saturated heterocycles. The molecule has 2 aromatic carbocycles. The highest BCUT2D eigenvalue weighted by Crippen LogP contribution is 2.24. The lowest BCUT2D eigenvalue weighted by atomic mass is 10.1. The van der Waals surface area contributed by atoms with Gasteiger partial charge in [-0.25, -0.2) is 8.42 Å². The van der Waals surface area contributed by atoms with Crippen molar-refractivity contribution in [2.45, 2.75) is 37.1 Å². The smallest absolute Gasteiger partial charge is 0.243 e. The lowest BCUT2D eigenvalue weighted by Gasteiger charge is -2.26. The number of nitrogens with one attached hydrogen (secondary N) is 1. The summed E-state index contributed by atoms with van der Waals surface area (Å²) in [6.07, 6.45) is 3.36. The summed E-state index contributed by atoms with van der Waals surface area (Å²) in [7, 11) is -3.49. The number of anilines is 1. The maximum absolute atomic E-state index is 12.7. The molecule has 0 radical (unpaired) electrons. The fourth-order valence-corrected chi connectivity index (χ4v) is 5.64. The Morgan fingerprint density at radius 1 is 0.938 bits per heavy atom. The Morgan fingerprint density at radius 3 is 2.34 bits per heavy atom. The normalized spacial score (nSPS) is 17.4. The molecule has 0 bridgehead atoms. The number of rotatable bonds is 8. The van der Waals surface area contributed by atoms with Gasteiger partial charge in [0, 0.05) is 44.8 Å². The van der Waals surface area contributed by atoms with Crippen LogP contribution in [0.4, 0.5) is 5.69 Å². The van der Waals surface area contributed by atoms with Crippen LogP contribution in [0.3, 0.4) is 0 Å². The van der Waals surface area contributed by atoms with E-state index in [-0.39, 0.29) is 10.8 Å². The highest BCUT2D eigenvalue weighted by molar-refractivity contribution is 7.89. The van der Waals surface area contributed by atoms with Crippen molar-refractivity contribution < 1.29 is 17.9 Å². The maximum Gasteiger partial charge on any atom is 0.243 e. The van der Waals surface area contributed by atoms with Gasteiger partial charge in [-0.1, -0.05) is 30.3 Å². The fourth-order valence-electron chi connectivity index (χ4n) is 4.23. The molecule has 0 saturated carbocycles. The van der Waals surface area contributed by atoms with Crippen LogP contribution in [0.15, 0.2) is 53.4 Å². The predicted molar refractivity (Wildman–Crippen MR) is 124 cm³/mol. The Balaban J connectivity index is 1.28. The Kier molecular flexibility index (Phi) is 7.44. The zero-order chi connectivity index (χ0) is 22.4. The van der Waals surface area contributed by atoms with Crippen molar-refractivity contribution in [1.82, 2.24) is 9.62 Å². The number of morpholine rings is 1. The highest BCUT2D eigenvalue weighted by atomic mass is 32.2. The van der Waals surface area contributed by atoms with Crippen molar-refractivity contribution >= 4 is 21.6 Å². The third kappa shape index (κ3) is 5.49. The van der Waals surface area contributed by atoms with Gasteiger partial charge in [0.25, 0.3) is 0 Å². The van der Waals surface area contributed by atoms with Crippen LogP contribution in [0.5, 0.6) is 0 Å². The van der Waals surface area contributed by atoms with Crippen LogP contribution >= 0.6 is 0 Å². The Morgan fingerprint density at radius 2 is 1.62 bits per heavy atom. The molecule has 0 aromatic heterocycles. The van der Waals surface area contributed by atoms with E-state index in [4.69, 9.17) is 4.74 Å². The third-order valence-corrected chi connectivity index (χ3v) is 8.00. The molecule has 0 aliphatic carbocycles.